The van der Waals surface area contributed by atoms with Gasteiger partial charge in [0, 0.05) is 31.7 Å². The van der Waals surface area contributed by atoms with E-state index in [2.05, 4.69) is 39.0 Å². The van der Waals surface area contributed by atoms with Crippen LogP contribution in [0.5, 0.6) is 5.75 Å². The third-order valence-electron chi connectivity index (χ3n) is 5.42. The van der Waals surface area contributed by atoms with Gasteiger partial charge in [-0.15, -0.1) is 0 Å². The SMILES string of the molecule is COc1ccc(NC(=O)NCCC(=O)NCc2ccccc2CN2CCCCC2)cc1. The zero-order chi connectivity index (χ0) is 21.9. The van der Waals surface area contributed by atoms with Crippen molar-refractivity contribution in [1.82, 2.24) is 15.5 Å². The molecule has 0 saturated carbocycles. The number of benzene rings is 2. The van der Waals surface area contributed by atoms with Crippen molar-refractivity contribution in [3.63, 3.8) is 0 Å². The van der Waals surface area contributed by atoms with E-state index in [4.69, 9.17) is 4.74 Å². The highest BCUT2D eigenvalue weighted by atomic mass is 16.5. The minimum Gasteiger partial charge on any atom is -0.497 e. The highest BCUT2D eigenvalue weighted by Crippen LogP contribution is 2.16. The van der Waals surface area contributed by atoms with E-state index in [0.29, 0.717) is 12.2 Å². The van der Waals surface area contributed by atoms with Gasteiger partial charge < -0.3 is 20.7 Å². The fourth-order valence-electron chi connectivity index (χ4n) is 3.66. The van der Waals surface area contributed by atoms with Gasteiger partial charge >= 0.3 is 6.03 Å². The lowest BCUT2D eigenvalue weighted by Crippen LogP contribution is -2.33. The van der Waals surface area contributed by atoms with Crippen LogP contribution in [0.15, 0.2) is 48.5 Å². The van der Waals surface area contributed by atoms with Crippen LogP contribution < -0.4 is 20.7 Å². The molecule has 0 aromatic heterocycles. The van der Waals surface area contributed by atoms with Crippen molar-refractivity contribution >= 4 is 17.6 Å². The fraction of sp³-hybridized carbons (Fsp3) is 0.417. The van der Waals surface area contributed by atoms with Crippen LogP contribution in [0.1, 0.15) is 36.8 Å². The molecule has 0 spiro atoms. The molecule has 1 saturated heterocycles. The highest BCUT2D eigenvalue weighted by molar-refractivity contribution is 5.89. The Kier molecular flexibility index (Phi) is 8.72. The van der Waals surface area contributed by atoms with Crippen molar-refractivity contribution in [2.24, 2.45) is 0 Å². The lowest BCUT2D eigenvalue weighted by Gasteiger charge is -2.27. The summed E-state index contributed by atoms with van der Waals surface area (Å²) in [6.07, 6.45) is 4.07. The number of nitrogens with zero attached hydrogens (tertiary/aromatic N) is 1. The van der Waals surface area contributed by atoms with Gasteiger partial charge in [0.2, 0.25) is 5.91 Å². The maximum atomic E-state index is 12.2. The van der Waals surface area contributed by atoms with E-state index < -0.39 is 0 Å². The molecule has 1 heterocycles. The number of ether oxygens (including phenoxy) is 1. The summed E-state index contributed by atoms with van der Waals surface area (Å²) in [5.74, 6) is 0.637. The zero-order valence-electron chi connectivity index (χ0n) is 18.2. The molecular formula is C24H32N4O3. The summed E-state index contributed by atoms with van der Waals surface area (Å²) in [7, 11) is 1.59. The second-order valence-electron chi connectivity index (χ2n) is 7.74. The van der Waals surface area contributed by atoms with Crippen molar-refractivity contribution in [2.45, 2.75) is 38.8 Å². The first kappa shape index (κ1) is 22.6. The average Bonchev–Trinajstić information content (AvgIpc) is 2.80. The largest absolute Gasteiger partial charge is 0.497 e. The molecule has 7 heteroatoms. The van der Waals surface area contributed by atoms with Crippen molar-refractivity contribution in [2.75, 3.05) is 32.1 Å². The van der Waals surface area contributed by atoms with Crippen molar-refractivity contribution in [3.05, 3.63) is 59.7 Å². The van der Waals surface area contributed by atoms with E-state index in [0.717, 1.165) is 30.9 Å². The van der Waals surface area contributed by atoms with Gasteiger partial charge in [-0.25, -0.2) is 4.79 Å². The number of urea groups is 1. The number of hydrogen-bond donors (Lipinski definition) is 3. The van der Waals surface area contributed by atoms with Crippen LogP contribution in [0.3, 0.4) is 0 Å². The van der Waals surface area contributed by atoms with Crippen molar-refractivity contribution in [1.29, 1.82) is 0 Å². The molecular weight excluding hydrogens is 392 g/mol. The number of rotatable bonds is 9. The molecule has 2 aromatic rings. The fourth-order valence-corrected chi connectivity index (χ4v) is 3.66. The smallest absolute Gasteiger partial charge is 0.319 e. The normalized spacial score (nSPS) is 14.0. The Labute approximate surface area is 184 Å². The molecule has 1 aliphatic heterocycles. The molecule has 0 unspecified atom stereocenters. The molecule has 3 N–H and O–H groups in total. The Morgan fingerprint density at radius 3 is 2.35 bits per heavy atom. The Morgan fingerprint density at radius 1 is 0.935 bits per heavy atom. The summed E-state index contributed by atoms with van der Waals surface area (Å²) in [6.45, 7) is 3.99. The summed E-state index contributed by atoms with van der Waals surface area (Å²) in [5, 5.41) is 8.40. The molecule has 7 nitrogen and oxygen atoms in total. The van der Waals surface area contributed by atoms with Gasteiger partial charge in [0.25, 0.3) is 0 Å². The predicted molar refractivity (Wildman–Crippen MR) is 122 cm³/mol. The summed E-state index contributed by atoms with van der Waals surface area (Å²) < 4.78 is 5.09. The summed E-state index contributed by atoms with van der Waals surface area (Å²) >= 11 is 0. The molecule has 3 amide bonds. The standard InChI is InChI=1S/C24H32N4O3/c1-31-22-11-9-21(10-12-22)27-24(30)25-14-13-23(29)26-17-19-7-3-4-8-20(19)18-28-15-5-2-6-16-28/h3-4,7-12H,2,5-6,13-18H2,1H3,(H,26,29)(H2,25,27,30). The zero-order valence-corrected chi connectivity index (χ0v) is 18.2. The molecule has 166 valence electrons. The van der Waals surface area contributed by atoms with Gasteiger partial charge in [0.1, 0.15) is 5.75 Å². The first-order valence-electron chi connectivity index (χ1n) is 10.9. The van der Waals surface area contributed by atoms with Crippen molar-refractivity contribution < 1.29 is 14.3 Å². The first-order valence-corrected chi connectivity index (χ1v) is 10.9. The number of nitrogens with one attached hydrogen (secondary N) is 3. The van der Waals surface area contributed by atoms with Crippen LogP contribution in [-0.4, -0.2) is 43.6 Å². The number of anilines is 1. The predicted octanol–water partition coefficient (Wildman–Crippen LogP) is 3.51. The third kappa shape index (κ3) is 7.61. The number of carbonyl (C=O) groups excluding carboxylic acids is 2. The van der Waals surface area contributed by atoms with E-state index in [1.165, 1.54) is 24.8 Å². The lowest BCUT2D eigenvalue weighted by molar-refractivity contribution is -0.121. The molecule has 0 bridgehead atoms. The third-order valence-corrected chi connectivity index (χ3v) is 5.42. The minimum atomic E-state index is -0.343. The second kappa shape index (κ2) is 12.0. The van der Waals surface area contributed by atoms with Crippen LogP contribution in [0.4, 0.5) is 10.5 Å². The summed E-state index contributed by atoms with van der Waals surface area (Å²) in [6, 6.07) is 15.0. The average molecular weight is 425 g/mol. The number of likely N-dealkylation sites (tertiary alicyclic amines) is 1. The number of amides is 3. The summed E-state index contributed by atoms with van der Waals surface area (Å²) in [5.41, 5.74) is 3.07. The van der Waals surface area contributed by atoms with Crippen molar-refractivity contribution in [3.8, 4) is 5.75 Å². The molecule has 3 rings (SSSR count). The second-order valence-corrected chi connectivity index (χ2v) is 7.74. The van der Waals surface area contributed by atoms with Gasteiger partial charge in [0.15, 0.2) is 0 Å². The maximum Gasteiger partial charge on any atom is 0.319 e. The Bertz CT molecular complexity index is 848. The Morgan fingerprint density at radius 2 is 1.65 bits per heavy atom. The van der Waals surface area contributed by atoms with Gasteiger partial charge in [-0.1, -0.05) is 30.7 Å². The molecule has 0 atom stereocenters. The number of piperidine rings is 1. The number of carbonyl (C=O) groups is 2. The Hall–Kier alpha value is -3.06. The molecule has 1 fully saturated rings. The van der Waals surface area contributed by atoms with Gasteiger partial charge in [-0.2, -0.15) is 0 Å². The first-order chi connectivity index (χ1) is 15.1. The van der Waals surface area contributed by atoms with E-state index in [1.807, 2.05) is 6.07 Å². The topological polar surface area (TPSA) is 82.7 Å². The van der Waals surface area contributed by atoms with Gasteiger partial charge in [0.05, 0.1) is 7.11 Å². The molecule has 2 aromatic carbocycles. The monoisotopic (exact) mass is 424 g/mol. The minimum absolute atomic E-state index is 0.0856. The molecule has 1 aliphatic rings. The quantitative estimate of drug-likeness (QED) is 0.575. The van der Waals surface area contributed by atoms with Crippen LogP contribution >= 0.6 is 0 Å². The number of hydrogen-bond acceptors (Lipinski definition) is 4. The summed E-state index contributed by atoms with van der Waals surface area (Å²) in [4.78, 5) is 26.7. The van der Waals surface area contributed by atoms with E-state index in [-0.39, 0.29) is 24.9 Å². The van der Waals surface area contributed by atoms with Crippen LogP contribution in [0.25, 0.3) is 0 Å². The van der Waals surface area contributed by atoms with Crippen LogP contribution in [0, 0.1) is 0 Å². The lowest BCUT2D eigenvalue weighted by atomic mass is 10.0. The highest BCUT2D eigenvalue weighted by Gasteiger charge is 2.13. The Balaban J connectivity index is 1.37. The van der Waals surface area contributed by atoms with Crippen LogP contribution in [-0.2, 0) is 17.9 Å². The van der Waals surface area contributed by atoms with Gasteiger partial charge in [-0.3, -0.25) is 9.69 Å². The van der Waals surface area contributed by atoms with E-state index >= 15 is 0 Å². The number of methoxy groups -OCH3 is 1. The van der Waals surface area contributed by atoms with E-state index in [9.17, 15) is 9.59 Å². The maximum absolute atomic E-state index is 12.2. The molecule has 0 radical (unpaired) electrons. The van der Waals surface area contributed by atoms with Gasteiger partial charge in [-0.05, 0) is 61.3 Å². The molecule has 31 heavy (non-hydrogen) atoms. The molecule has 0 aliphatic carbocycles. The van der Waals surface area contributed by atoms with E-state index in [1.54, 1.807) is 31.4 Å². The van der Waals surface area contributed by atoms with Crippen LogP contribution in [0.2, 0.25) is 0 Å².